The van der Waals surface area contributed by atoms with Crippen LogP contribution in [-0.2, 0) is 6.42 Å². The predicted molar refractivity (Wildman–Crippen MR) is 105 cm³/mol. The van der Waals surface area contributed by atoms with Crippen LogP contribution in [0.2, 0.25) is 10.0 Å². The Balaban J connectivity index is 1.67. The SMILES string of the molecule is Clc1cccc(Cl)c1Nc1ccccc1Cc1nc2ccccc2[nH]1. The minimum Gasteiger partial charge on any atom is -0.353 e. The van der Waals surface area contributed by atoms with Crippen molar-refractivity contribution in [2.45, 2.75) is 6.42 Å². The van der Waals surface area contributed by atoms with E-state index in [0.29, 0.717) is 22.2 Å². The summed E-state index contributed by atoms with van der Waals surface area (Å²) in [7, 11) is 0. The van der Waals surface area contributed by atoms with Gasteiger partial charge in [-0.1, -0.05) is 59.6 Å². The highest BCUT2D eigenvalue weighted by atomic mass is 35.5. The molecule has 1 heterocycles. The van der Waals surface area contributed by atoms with Crippen LogP contribution in [0.4, 0.5) is 11.4 Å². The van der Waals surface area contributed by atoms with Gasteiger partial charge in [-0.3, -0.25) is 0 Å². The predicted octanol–water partition coefficient (Wildman–Crippen LogP) is 6.20. The Hall–Kier alpha value is -2.49. The van der Waals surface area contributed by atoms with Gasteiger partial charge >= 0.3 is 0 Å². The highest BCUT2D eigenvalue weighted by Gasteiger charge is 2.10. The summed E-state index contributed by atoms with van der Waals surface area (Å²) >= 11 is 12.6. The molecule has 0 aliphatic heterocycles. The van der Waals surface area contributed by atoms with Gasteiger partial charge in [-0.05, 0) is 35.9 Å². The van der Waals surface area contributed by atoms with Crippen LogP contribution < -0.4 is 5.32 Å². The number of hydrogen-bond acceptors (Lipinski definition) is 2. The van der Waals surface area contributed by atoms with E-state index in [1.54, 1.807) is 0 Å². The number of para-hydroxylation sites is 4. The molecule has 124 valence electrons. The maximum absolute atomic E-state index is 6.28. The van der Waals surface area contributed by atoms with Crippen LogP contribution in [0.3, 0.4) is 0 Å². The number of hydrogen-bond donors (Lipinski definition) is 2. The molecule has 3 aromatic carbocycles. The summed E-state index contributed by atoms with van der Waals surface area (Å²) in [6, 6.07) is 21.6. The maximum atomic E-state index is 6.28. The van der Waals surface area contributed by atoms with Crippen molar-refractivity contribution in [3.8, 4) is 0 Å². The zero-order valence-electron chi connectivity index (χ0n) is 13.3. The fourth-order valence-electron chi connectivity index (χ4n) is 2.82. The highest BCUT2D eigenvalue weighted by molar-refractivity contribution is 6.39. The number of rotatable bonds is 4. The normalized spacial score (nSPS) is 11.0. The molecule has 0 atom stereocenters. The monoisotopic (exact) mass is 367 g/mol. The molecule has 0 bridgehead atoms. The van der Waals surface area contributed by atoms with Gasteiger partial charge in [0.25, 0.3) is 0 Å². The van der Waals surface area contributed by atoms with Crippen LogP contribution in [0.25, 0.3) is 11.0 Å². The molecule has 0 saturated heterocycles. The molecule has 0 spiro atoms. The number of nitrogens with zero attached hydrogens (tertiary/aromatic N) is 1. The zero-order chi connectivity index (χ0) is 17.2. The smallest absolute Gasteiger partial charge is 0.111 e. The molecule has 0 aliphatic carbocycles. The van der Waals surface area contributed by atoms with Crippen LogP contribution in [0.5, 0.6) is 0 Å². The fourth-order valence-corrected chi connectivity index (χ4v) is 3.31. The lowest BCUT2D eigenvalue weighted by Gasteiger charge is -2.14. The quantitative estimate of drug-likeness (QED) is 0.450. The van der Waals surface area contributed by atoms with Crippen molar-refractivity contribution < 1.29 is 0 Å². The highest BCUT2D eigenvalue weighted by Crippen LogP contribution is 2.34. The van der Waals surface area contributed by atoms with Gasteiger partial charge in [0.1, 0.15) is 5.82 Å². The van der Waals surface area contributed by atoms with E-state index in [9.17, 15) is 0 Å². The molecule has 25 heavy (non-hydrogen) atoms. The molecule has 1 aromatic heterocycles. The molecule has 0 saturated carbocycles. The molecule has 0 fully saturated rings. The number of aromatic nitrogens is 2. The zero-order valence-corrected chi connectivity index (χ0v) is 14.8. The summed E-state index contributed by atoms with van der Waals surface area (Å²) < 4.78 is 0. The van der Waals surface area contributed by atoms with Crippen molar-refractivity contribution in [1.29, 1.82) is 0 Å². The number of fused-ring (bicyclic) bond motifs is 1. The second-order valence-electron chi connectivity index (χ2n) is 5.76. The molecule has 0 amide bonds. The molecular formula is C20H15Cl2N3. The summed E-state index contributed by atoms with van der Waals surface area (Å²) in [6.07, 6.45) is 0.680. The van der Waals surface area contributed by atoms with Crippen LogP contribution in [0.1, 0.15) is 11.4 Å². The van der Waals surface area contributed by atoms with Crippen molar-refractivity contribution in [2.24, 2.45) is 0 Å². The molecule has 3 nitrogen and oxygen atoms in total. The lowest BCUT2D eigenvalue weighted by atomic mass is 10.1. The van der Waals surface area contributed by atoms with Gasteiger partial charge in [0, 0.05) is 12.1 Å². The number of aromatic amines is 1. The van der Waals surface area contributed by atoms with E-state index in [0.717, 1.165) is 28.1 Å². The molecule has 5 heteroatoms. The Labute approximate surface area is 155 Å². The lowest BCUT2D eigenvalue weighted by molar-refractivity contribution is 1.04. The first kappa shape index (κ1) is 16.0. The molecule has 4 aromatic rings. The molecule has 0 aliphatic rings. The van der Waals surface area contributed by atoms with Crippen LogP contribution in [-0.4, -0.2) is 9.97 Å². The van der Waals surface area contributed by atoms with Gasteiger partial charge in [-0.25, -0.2) is 4.98 Å². The Morgan fingerprint density at radius 3 is 2.36 bits per heavy atom. The number of imidazole rings is 1. The Kier molecular flexibility index (Phi) is 4.35. The number of anilines is 2. The summed E-state index contributed by atoms with van der Waals surface area (Å²) in [5.41, 5.74) is 4.78. The van der Waals surface area contributed by atoms with Gasteiger partial charge in [-0.15, -0.1) is 0 Å². The molecular weight excluding hydrogens is 353 g/mol. The van der Waals surface area contributed by atoms with Crippen LogP contribution in [0.15, 0.2) is 66.7 Å². The van der Waals surface area contributed by atoms with E-state index in [1.165, 1.54) is 0 Å². The Bertz CT molecular complexity index is 987. The summed E-state index contributed by atoms with van der Waals surface area (Å²) in [5.74, 6) is 0.917. The minimum absolute atomic E-state index is 0.589. The maximum Gasteiger partial charge on any atom is 0.111 e. The summed E-state index contributed by atoms with van der Waals surface area (Å²) in [5, 5.41) is 4.54. The van der Waals surface area contributed by atoms with Gasteiger partial charge in [0.05, 0.1) is 26.8 Å². The van der Waals surface area contributed by atoms with E-state index in [2.05, 4.69) is 21.4 Å². The van der Waals surface area contributed by atoms with Crippen molar-refractivity contribution in [3.05, 3.63) is 88.2 Å². The Morgan fingerprint density at radius 1 is 0.840 bits per heavy atom. The van der Waals surface area contributed by atoms with Crippen LogP contribution >= 0.6 is 23.2 Å². The van der Waals surface area contributed by atoms with Crippen molar-refractivity contribution in [2.75, 3.05) is 5.32 Å². The third-order valence-electron chi connectivity index (χ3n) is 4.04. The van der Waals surface area contributed by atoms with Crippen LogP contribution in [0, 0.1) is 0 Å². The average molecular weight is 368 g/mol. The fraction of sp³-hybridized carbons (Fsp3) is 0.0500. The number of benzene rings is 3. The van der Waals surface area contributed by atoms with Crippen molar-refractivity contribution >= 4 is 45.6 Å². The van der Waals surface area contributed by atoms with Gasteiger partial charge < -0.3 is 10.3 Å². The van der Waals surface area contributed by atoms with Gasteiger partial charge in [0.15, 0.2) is 0 Å². The minimum atomic E-state index is 0.589. The molecule has 0 unspecified atom stereocenters. The lowest BCUT2D eigenvalue weighted by Crippen LogP contribution is -1.99. The standard InChI is InChI=1S/C20H15Cl2N3/c21-14-7-5-8-15(22)20(14)25-16-9-2-1-6-13(16)12-19-23-17-10-3-4-11-18(17)24-19/h1-11,25H,12H2,(H,23,24). The van der Waals surface area contributed by atoms with Crippen molar-refractivity contribution in [3.63, 3.8) is 0 Å². The number of nitrogens with one attached hydrogen (secondary N) is 2. The topological polar surface area (TPSA) is 40.7 Å². The van der Waals surface area contributed by atoms with Crippen molar-refractivity contribution in [1.82, 2.24) is 9.97 Å². The second-order valence-corrected chi connectivity index (χ2v) is 6.57. The molecule has 0 radical (unpaired) electrons. The first-order chi connectivity index (χ1) is 12.2. The third-order valence-corrected chi connectivity index (χ3v) is 4.67. The van der Waals surface area contributed by atoms with E-state index in [4.69, 9.17) is 23.2 Å². The Morgan fingerprint density at radius 2 is 1.56 bits per heavy atom. The first-order valence-corrected chi connectivity index (χ1v) is 8.69. The van der Waals surface area contributed by atoms with Gasteiger partial charge in [0.2, 0.25) is 0 Å². The summed E-state index contributed by atoms with van der Waals surface area (Å²) in [6.45, 7) is 0. The average Bonchev–Trinajstić information content (AvgIpc) is 3.02. The first-order valence-electron chi connectivity index (χ1n) is 7.93. The van der Waals surface area contributed by atoms with E-state index in [1.807, 2.05) is 60.7 Å². The third kappa shape index (κ3) is 3.34. The number of H-pyrrole nitrogens is 1. The number of halogens is 2. The second kappa shape index (κ2) is 6.79. The van der Waals surface area contributed by atoms with E-state index >= 15 is 0 Å². The molecule has 4 rings (SSSR count). The molecule has 2 N–H and O–H groups in total. The van der Waals surface area contributed by atoms with E-state index in [-0.39, 0.29) is 0 Å². The largest absolute Gasteiger partial charge is 0.353 e. The van der Waals surface area contributed by atoms with Gasteiger partial charge in [-0.2, -0.15) is 0 Å². The van der Waals surface area contributed by atoms with E-state index < -0.39 is 0 Å². The summed E-state index contributed by atoms with van der Waals surface area (Å²) in [4.78, 5) is 8.02.